The van der Waals surface area contributed by atoms with E-state index in [0.29, 0.717) is 0 Å². The van der Waals surface area contributed by atoms with E-state index in [2.05, 4.69) is 12.5 Å². The third kappa shape index (κ3) is 1.03. The van der Waals surface area contributed by atoms with Gasteiger partial charge in [0.1, 0.15) is 0 Å². The molecule has 2 aliphatic carbocycles. The molecule has 0 heteroatoms. The molecule has 0 heterocycles. The maximum absolute atomic E-state index is 3.41. The van der Waals surface area contributed by atoms with Crippen LogP contribution in [0.4, 0.5) is 0 Å². The standard InChI is InChI=1S/C9H12/c1-3-8-5-2-6-9(4-1)7-8/h7-8H,1-5H2. The number of rotatable bonds is 0. The van der Waals surface area contributed by atoms with E-state index in [-0.39, 0.29) is 0 Å². The first-order valence-electron chi connectivity index (χ1n) is 3.90. The molecule has 0 fully saturated rings. The molecule has 0 aliphatic heterocycles. The second-order valence-electron chi connectivity index (χ2n) is 3.06. The molecule has 1 atom stereocenters. The van der Waals surface area contributed by atoms with Crippen LogP contribution in [-0.4, -0.2) is 0 Å². The van der Waals surface area contributed by atoms with Crippen LogP contribution in [0.2, 0.25) is 0 Å². The lowest BCUT2D eigenvalue weighted by atomic mass is 9.81. The minimum Gasteiger partial charge on any atom is -0.0816 e. The molecule has 1 unspecified atom stereocenters. The molecular formula is C9H12. The maximum atomic E-state index is 3.41. The third-order valence-electron chi connectivity index (χ3n) is 2.33. The van der Waals surface area contributed by atoms with Crippen LogP contribution in [0.25, 0.3) is 0 Å². The van der Waals surface area contributed by atoms with Gasteiger partial charge in [0.05, 0.1) is 0 Å². The van der Waals surface area contributed by atoms with Crippen molar-refractivity contribution in [3.63, 3.8) is 0 Å². The van der Waals surface area contributed by atoms with Gasteiger partial charge in [-0.1, -0.05) is 11.6 Å². The number of fused-ring (bicyclic) bond motifs is 1. The lowest BCUT2D eigenvalue weighted by Crippen LogP contribution is -2.10. The van der Waals surface area contributed by atoms with Gasteiger partial charge in [-0.15, -0.1) is 0 Å². The second-order valence-corrected chi connectivity index (χ2v) is 3.06. The Kier molecular flexibility index (Phi) is 1.33. The molecule has 0 aromatic carbocycles. The van der Waals surface area contributed by atoms with Gasteiger partial charge in [-0.2, -0.15) is 0 Å². The molecule has 2 rings (SSSR count). The second kappa shape index (κ2) is 2.17. The van der Waals surface area contributed by atoms with Crippen molar-refractivity contribution in [2.75, 3.05) is 0 Å². The first-order chi connectivity index (χ1) is 4.45. The average Bonchev–Trinajstić information content (AvgIpc) is 1.88. The molecule has 48 valence electrons. The minimum absolute atomic E-state index is 0.926. The summed E-state index contributed by atoms with van der Waals surface area (Å²) >= 11 is 0. The smallest absolute Gasteiger partial charge is 0.0117 e. The highest BCUT2D eigenvalue weighted by Crippen LogP contribution is 2.33. The van der Waals surface area contributed by atoms with Gasteiger partial charge in [-0.05, 0) is 38.0 Å². The lowest BCUT2D eigenvalue weighted by molar-refractivity contribution is 0.469. The molecule has 0 saturated heterocycles. The van der Waals surface area contributed by atoms with Crippen molar-refractivity contribution in [3.05, 3.63) is 18.1 Å². The largest absolute Gasteiger partial charge is 0.0816 e. The van der Waals surface area contributed by atoms with Gasteiger partial charge < -0.3 is 0 Å². The number of hydrogen-bond donors (Lipinski definition) is 0. The lowest BCUT2D eigenvalue weighted by Gasteiger charge is -2.25. The van der Waals surface area contributed by atoms with E-state index >= 15 is 0 Å². The first kappa shape index (κ1) is 5.52. The summed E-state index contributed by atoms with van der Waals surface area (Å²) in [4.78, 5) is 0. The molecule has 0 aromatic rings. The highest BCUT2D eigenvalue weighted by Gasteiger charge is 2.17. The molecule has 2 radical (unpaired) electrons. The summed E-state index contributed by atoms with van der Waals surface area (Å²) in [6.45, 7) is 0. The summed E-state index contributed by atoms with van der Waals surface area (Å²) in [5, 5.41) is 0. The topological polar surface area (TPSA) is 0 Å². The van der Waals surface area contributed by atoms with Gasteiger partial charge in [0.25, 0.3) is 0 Å². The Hall–Kier alpha value is -0.260. The molecule has 0 aromatic heterocycles. The van der Waals surface area contributed by atoms with E-state index in [1.165, 1.54) is 37.7 Å². The Morgan fingerprint density at radius 1 is 1.44 bits per heavy atom. The van der Waals surface area contributed by atoms with Crippen molar-refractivity contribution in [2.45, 2.75) is 32.1 Å². The van der Waals surface area contributed by atoms with E-state index in [1.807, 2.05) is 0 Å². The van der Waals surface area contributed by atoms with Gasteiger partial charge in [0.2, 0.25) is 0 Å². The van der Waals surface area contributed by atoms with Crippen LogP contribution in [0.5, 0.6) is 0 Å². The fourth-order valence-electron chi connectivity index (χ4n) is 1.80. The Balaban J connectivity index is 2.15. The van der Waals surface area contributed by atoms with E-state index in [0.717, 1.165) is 5.92 Å². The van der Waals surface area contributed by atoms with Gasteiger partial charge in [-0.3, -0.25) is 0 Å². The number of allylic oxidation sites excluding steroid dienone is 2. The predicted octanol–water partition coefficient (Wildman–Crippen LogP) is 2.59. The fourth-order valence-corrected chi connectivity index (χ4v) is 1.80. The monoisotopic (exact) mass is 120 g/mol. The molecule has 0 N–H and O–H groups in total. The zero-order valence-corrected chi connectivity index (χ0v) is 5.69. The van der Waals surface area contributed by atoms with Crippen LogP contribution in [0.15, 0.2) is 11.6 Å². The molecule has 0 spiro atoms. The number of hydrogen-bond acceptors (Lipinski definition) is 0. The highest BCUT2D eigenvalue weighted by molar-refractivity contribution is 5.20. The van der Waals surface area contributed by atoms with Crippen LogP contribution >= 0.6 is 0 Å². The first-order valence-corrected chi connectivity index (χ1v) is 3.90. The SMILES string of the molecule is [C]1CCC2C=C1CCC2. The molecule has 9 heavy (non-hydrogen) atoms. The van der Waals surface area contributed by atoms with Crippen molar-refractivity contribution in [3.8, 4) is 0 Å². The average molecular weight is 120 g/mol. The molecule has 2 bridgehead atoms. The molecular weight excluding hydrogens is 108 g/mol. The molecule has 0 saturated carbocycles. The van der Waals surface area contributed by atoms with Crippen molar-refractivity contribution in [2.24, 2.45) is 5.92 Å². The van der Waals surface area contributed by atoms with Gasteiger partial charge >= 0.3 is 0 Å². The fraction of sp³-hybridized carbons (Fsp3) is 0.667. The summed E-state index contributed by atoms with van der Waals surface area (Å²) in [6.07, 6.45) is 12.6. The molecule has 2 aliphatic rings. The Bertz CT molecular complexity index is 121. The van der Waals surface area contributed by atoms with E-state index in [1.54, 1.807) is 0 Å². The van der Waals surface area contributed by atoms with E-state index in [9.17, 15) is 0 Å². The van der Waals surface area contributed by atoms with Gasteiger partial charge in [0, 0.05) is 6.42 Å². The van der Waals surface area contributed by atoms with Crippen LogP contribution < -0.4 is 0 Å². The highest BCUT2D eigenvalue weighted by atomic mass is 14.2. The normalized spacial score (nSPS) is 27.8. The molecule has 0 nitrogen and oxygen atoms in total. The summed E-state index contributed by atoms with van der Waals surface area (Å²) in [7, 11) is 0. The van der Waals surface area contributed by atoms with Crippen molar-refractivity contribution in [1.29, 1.82) is 0 Å². The van der Waals surface area contributed by atoms with Crippen LogP contribution in [0.1, 0.15) is 32.1 Å². The van der Waals surface area contributed by atoms with Crippen molar-refractivity contribution < 1.29 is 0 Å². The predicted molar refractivity (Wildman–Crippen MR) is 37.9 cm³/mol. The van der Waals surface area contributed by atoms with Crippen LogP contribution in [0.3, 0.4) is 0 Å². The van der Waals surface area contributed by atoms with Gasteiger partial charge in [0.15, 0.2) is 0 Å². The Morgan fingerprint density at radius 3 is 3.22 bits per heavy atom. The van der Waals surface area contributed by atoms with E-state index < -0.39 is 0 Å². The Morgan fingerprint density at radius 2 is 2.44 bits per heavy atom. The maximum Gasteiger partial charge on any atom is 0.0117 e. The van der Waals surface area contributed by atoms with Crippen LogP contribution in [0, 0.1) is 12.3 Å². The quantitative estimate of drug-likeness (QED) is 0.461. The summed E-state index contributed by atoms with van der Waals surface area (Å²) in [5.74, 6) is 0.926. The minimum atomic E-state index is 0.926. The summed E-state index contributed by atoms with van der Waals surface area (Å²) in [6, 6.07) is 0. The van der Waals surface area contributed by atoms with Gasteiger partial charge in [-0.25, -0.2) is 0 Å². The summed E-state index contributed by atoms with van der Waals surface area (Å²) < 4.78 is 0. The zero-order chi connectivity index (χ0) is 6.10. The third-order valence-corrected chi connectivity index (χ3v) is 2.33. The van der Waals surface area contributed by atoms with Crippen molar-refractivity contribution in [1.82, 2.24) is 0 Å². The van der Waals surface area contributed by atoms with Crippen LogP contribution in [-0.2, 0) is 0 Å². The Labute approximate surface area is 57.0 Å². The summed E-state index contributed by atoms with van der Waals surface area (Å²) in [5.41, 5.74) is 1.51. The zero-order valence-electron chi connectivity index (χ0n) is 5.69. The van der Waals surface area contributed by atoms with Crippen molar-refractivity contribution >= 4 is 0 Å². The van der Waals surface area contributed by atoms with E-state index in [4.69, 9.17) is 0 Å². The molecule has 0 amide bonds.